The predicted molar refractivity (Wildman–Crippen MR) is 307 cm³/mol. The molecule has 442 valence electrons. The maximum atomic E-state index is 14.1. The Kier molecular flexibility index (Phi) is 23.2. The van der Waals surface area contributed by atoms with Gasteiger partial charge in [-0.15, -0.1) is 0 Å². The van der Waals surface area contributed by atoms with E-state index in [1.807, 2.05) is 53.9 Å². The van der Waals surface area contributed by atoms with Crippen molar-refractivity contribution < 1.29 is 65.9 Å². The Hall–Kier alpha value is -1.37. The van der Waals surface area contributed by atoms with Gasteiger partial charge >= 0.3 is 11.9 Å². The number of esters is 2. The van der Waals surface area contributed by atoms with Crippen LogP contribution in [0, 0.1) is 17.8 Å². The summed E-state index contributed by atoms with van der Waals surface area (Å²) in [5, 5.41) is 11.5. The second kappa shape index (κ2) is 26.3. The Labute approximate surface area is 464 Å². The molecule has 0 aromatic rings. The molecule has 3 fully saturated rings. The number of allylic oxidation sites excluding steroid dienone is 2. The predicted octanol–water partition coefficient (Wildman–Crippen LogP) is 11.7. The van der Waals surface area contributed by atoms with E-state index in [1.54, 1.807) is 21.0 Å². The van der Waals surface area contributed by atoms with Gasteiger partial charge in [0, 0.05) is 32.8 Å². The third-order valence-corrected chi connectivity index (χ3v) is 31.1. The molecule has 76 heavy (non-hydrogen) atoms. The number of hydrogen-bond acceptors (Lipinski definition) is 15. The molecule has 0 aliphatic carbocycles. The van der Waals surface area contributed by atoms with Crippen molar-refractivity contribution in [2.24, 2.45) is 17.8 Å². The van der Waals surface area contributed by atoms with Gasteiger partial charge in [-0.3, -0.25) is 9.59 Å². The molecular formula is C58H109NO14Si3. The minimum atomic E-state index is -2.63. The van der Waals surface area contributed by atoms with Crippen molar-refractivity contribution in [3.63, 3.8) is 0 Å². The minimum absolute atomic E-state index is 0.0135. The number of likely N-dealkylation sites (N-methyl/N-ethyl adjacent to an activating group) is 1. The Balaban J connectivity index is 1.92. The van der Waals surface area contributed by atoms with Crippen molar-refractivity contribution in [1.29, 1.82) is 0 Å². The number of nitrogens with zero attached hydrogens (tertiary/aromatic N) is 1. The average molecular weight is 1130 g/mol. The van der Waals surface area contributed by atoms with Crippen molar-refractivity contribution in [3.8, 4) is 0 Å². The van der Waals surface area contributed by atoms with Crippen molar-refractivity contribution in [2.75, 3.05) is 21.2 Å². The van der Waals surface area contributed by atoms with Gasteiger partial charge < -0.3 is 61.2 Å². The summed E-state index contributed by atoms with van der Waals surface area (Å²) in [6, 6.07) is -0.457. The van der Waals surface area contributed by atoms with E-state index in [0.29, 0.717) is 19.3 Å². The van der Waals surface area contributed by atoms with Gasteiger partial charge in [0.25, 0.3) is 0 Å². The molecule has 15 nitrogen and oxygen atoms in total. The SMILES string of the molecule is CO[C@@H]1[C@@H](O[C@@H]2O[C@H](C)[C@@H](O[C@H]3C[C@@](C)(O)[C@@H](OC(=O)CC(C)C)[C@H](C)O3)[C@H](N(C)C)[C@H]2O[Si](C)(C)C(C)(C)C)[C@H]2CC(O[Si](C)(C)C(C)(C)C)O[C@@H]1CC(=O)O[C@H](C)C/C=C/C=C/[C@H](O[Si](C)(C)C(C)(C)C)[C@H](C)C2. The van der Waals surface area contributed by atoms with E-state index in [2.05, 4.69) is 126 Å². The van der Waals surface area contributed by atoms with E-state index in [0.717, 1.165) is 0 Å². The molecule has 4 aliphatic rings. The van der Waals surface area contributed by atoms with Crippen LogP contribution >= 0.6 is 0 Å². The maximum Gasteiger partial charge on any atom is 0.308 e. The van der Waals surface area contributed by atoms with Crippen LogP contribution in [0.4, 0.5) is 0 Å². The zero-order chi connectivity index (χ0) is 57.9. The third-order valence-electron chi connectivity index (χ3n) is 17.7. The van der Waals surface area contributed by atoms with E-state index in [-0.39, 0.29) is 70.3 Å². The molecule has 3 saturated heterocycles. The molecule has 0 spiro atoms. The molecule has 0 aromatic heterocycles. The number of methoxy groups -OCH3 is 1. The first kappa shape index (κ1) is 67.1. The van der Waals surface area contributed by atoms with Crippen LogP contribution in [0.5, 0.6) is 0 Å². The molecule has 1 N–H and O–H groups in total. The molecule has 4 heterocycles. The summed E-state index contributed by atoms with van der Waals surface area (Å²) in [5.41, 5.74) is -1.45. The Morgan fingerprint density at radius 3 is 1.88 bits per heavy atom. The largest absolute Gasteiger partial charge is 0.462 e. The summed E-state index contributed by atoms with van der Waals surface area (Å²) >= 11 is 0. The summed E-state index contributed by atoms with van der Waals surface area (Å²) < 4.78 is 76.2. The zero-order valence-electron chi connectivity index (χ0n) is 52.1. The molecule has 0 aromatic carbocycles. The molecule has 0 radical (unpaired) electrons. The lowest BCUT2D eigenvalue weighted by Gasteiger charge is -2.53. The van der Waals surface area contributed by atoms with Gasteiger partial charge in [-0.2, -0.15) is 0 Å². The Morgan fingerprint density at radius 2 is 1.34 bits per heavy atom. The summed E-state index contributed by atoms with van der Waals surface area (Å²) in [6.07, 6.45) is 1.17. The Morgan fingerprint density at radius 1 is 0.763 bits per heavy atom. The van der Waals surface area contributed by atoms with Gasteiger partial charge in [0.05, 0.1) is 43.0 Å². The highest BCUT2D eigenvalue weighted by atomic mass is 28.4. The minimum Gasteiger partial charge on any atom is -0.462 e. The average Bonchev–Trinajstić information content (AvgIpc) is 3.35. The number of rotatable bonds is 15. The van der Waals surface area contributed by atoms with Crippen LogP contribution < -0.4 is 0 Å². The lowest BCUT2D eigenvalue weighted by Crippen LogP contribution is -2.68. The monoisotopic (exact) mass is 1130 g/mol. The third kappa shape index (κ3) is 17.6. The highest BCUT2D eigenvalue weighted by Gasteiger charge is 2.57. The van der Waals surface area contributed by atoms with Crippen molar-refractivity contribution in [2.45, 2.75) is 295 Å². The first-order valence-electron chi connectivity index (χ1n) is 28.6. The summed E-state index contributed by atoms with van der Waals surface area (Å²) in [6.45, 7) is 47.1. The molecule has 2 bridgehead atoms. The van der Waals surface area contributed by atoms with Gasteiger partial charge in [0.2, 0.25) is 0 Å². The number of ether oxygens (including phenoxy) is 8. The topological polar surface area (TPSA) is 159 Å². The van der Waals surface area contributed by atoms with Crippen molar-refractivity contribution >= 4 is 36.9 Å². The molecule has 17 atom stereocenters. The van der Waals surface area contributed by atoms with Crippen LogP contribution in [-0.2, 0) is 60.8 Å². The van der Waals surface area contributed by atoms with Gasteiger partial charge in [0.15, 0.2) is 43.6 Å². The van der Waals surface area contributed by atoms with Gasteiger partial charge in [-0.25, -0.2) is 0 Å². The summed E-state index contributed by atoms with van der Waals surface area (Å²) in [7, 11) is -1.72. The highest BCUT2D eigenvalue weighted by Crippen LogP contribution is 2.46. The van der Waals surface area contributed by atoms with E-state index >= 15 is 0 Å². The lowest BCUT2D eigenvalue weighted by molar-refractivity contribution is -0.342. The first-order chi connectivity index (χ1) is 34.6. The molecule has 0 saturated carbocycles. The van der Waals surface area contributed by atoms with Gasteiger partial charge in [-0.05, 0) is 120 Å². The number of hydrogen-bond donors (Lipinski definition) is 1. The molecule has 0 amide bonds. The lowest BCUT2D eigenvalue weighted by atomic mass is 9.83. The highest BCUT2D eigenvalue weighted by molar-refractivity contribution is 6.75. The summed E-state index contributed by atoms with van der Waals surface area (Å²) in [5.74, 6) is -0.958. The number of aliphatic hydroxyl groups is 1. The van der Waals surface area contributed by atoms with Crippen LogP contribution in [0.1, 0.15) is 149 Å². The van der Waals surface area contributed by atoms with Crippen LogP contribution in [-0.4, -0.2) is 160 Å². The van der Waals surface area contributed by atoms with E-state index in [1.165, 1.54) is 0 Å². The van der Waals surface area contributed by atoms with Gasteiger partial charge in [-0.1, -0.05) is 107 Å². The number of carbonyl (C=O) groups is 2. The maximum absolute atomic E-state index is 14.1. The molecule has 18 heteroatoms. The number of carbonyl (C=O) groups excluding carboxylic acids is 2. The fourth-order valence-corrected chi connectivity index (χ4v) is 13.9. The van der Waals surface area contributed by atoms with E-state index in [4.69, 9.17) is 51.2 Å². The van der Waals surface area contributed by atoms with E-state index in [9.17, 15) is 14.7 Å². The fraction of sp³-hybridized carbons (Fsp3) is 0.897. The van der Waals surface area contributed by atoms with E-state index < -0.39 is 110 Å². The molecular weight excluding hydrogens is 1020 g/mol. The van der Waals surface area contributed by atoms with Crippen LogP contribution in [0.25, 0.3) is 0 Å². The van der Waals surface area contributed by atoms with Crippen molar-refractivity contribution in [3.05, 3.63) is 24.3 Å². The molecule has 1 unspecified atom stereocenters. The standard InChI is InChI=1S/C58H109NO14Si3/c1-36(2)31-44(60)68-53-40(6)65-47(35-58(53,16)62)69-49-39(5)66-54(52(48(49)59(17)18)73-76(24,25)57(13,14)15)70-50-41-32-37(3)42(71-74(20,21)55(7,8)9)30-28-26-27-29-38(4)64-45(61)34-43(51(50)63-19)67-46(33-41)72-75(22,23)56(10,11)12/h26-28,30,36-43,46-54,62H,29,31-35H2,1-25H3/b27-26+,30-28+/t37-,38-,39-,40+,41-,42+,43-,46?,47+,48+,49-,50+,51+,52-,53+,54+,58-/m1/s1. The molecule has 4 rings (SSSR count). The number of fused-ring (bicyclic) bond motifs is 3. The second-order valence-electron chi connectivity index (χ2n) is 28.3. The van der Waals surface area contributed by atoms with Crippen LogP contribution in [0.2, 0.25) is 54.4 Å². The first-order valence-corrected chi connectivity index (χ1v) is 37.3. The zero-order valence-corrected chi connectivity index (χ0v) is 55.1. The fourth-order valence-electron chi connectivity index (χ4n) is 10.1. The Bertz CT molecular complexity index is 1920. The van der Waals surface area contributed by atoms with Crippen LogP contribution in [0.3, 0.4) is 0 Å². The van der Waals surface area contributed by atoms with Crippen LogP contribution in [0.15, 0.2) is 24.3 Å². The quantitative estimate of drug-likeness (QED) is 0.122. The molecule has 4 aliphatic heterocycles. The van der Waals surface area contributed by atoms with Gasteiger partial charge in [0.1, 0.15) is 36.3 Å². The van der Waals surface area contributed by atoms with Crippen molar-refractivity contribution in [1.82, 2.24) is 4.90 Å². The normalized spacial score (nSPS) is 37.2. The second-order valence-corrected chi connectivity index (χ2v) is 42.6. The summed E-state index contributed by atoms with van der Waals surface area (Å²) in [4.78, 5) is 29.1. The smallest absolute Gasteiger partial charge is 0.308 e. The number of cyclic esters (lactones) is 1.